The van der Waals surface area contributed by atoms with Crippen LogP contribution in [0, 0.1) is 12.7 Å². The van der Waals surface area contributed by atoms with Crippen LogP contribution >= 0.6 is 0 Å². The van der Waals surface area contributed by atoms with E-state index in [2.05, 4.69) is 12.2 Å². The van der Waals surface area contributed by atoms with E-state index in [0.29, 0.717) is 0 Å². The van der Waals surface area contributed by atoms with Gasteiger partial charge in [0.1, 0.15) is 5.82 Å². The molecule has 2 unspecified atom stereocenters. The third-order valence-corrected chi connectivity index (χ3v) is 3.58. The summed E-state index contributed by atoms with van der Waals surface area (Å²) in [5.41, 5.74) is 2.15. The Hall–Kier alpha value is -0.930. The highest BCUT2D eigenvalue weighted by Crippen LogP contribution is 2.28. The molecular weight excluding hydrogens is 229 g/mol. The molecule has 0 saturated carbocycles. The monoisotopic (exact) mass is 251 g/mol. The molecule has 1 aromatic carbocycles. The normalized spacial score (nSPS) is 21.8. The molecule has 0 aromatic heterocycles. The molecule has 0 spiro atoms. The van der Waals surface area contributed by atoms with Gasteiger partial charge in [0.05, 0.1) is 12.1 Å². The average molecular weight is 251 g/mol. The maximum absolute atomic E-state index is 13.2. The van der Waals surface area contributed by atoms with Crippen LogP contribution in [0.1, 0.15) is 43.4 Å². The van der Waals surface area contributed by atoms with Gasteiger partial charge in [-0.2, -0.15) is 0 Å². The van der Waals surface area contributed by atoms with E-state index >= 15 is 0 Å². The van der Waals surface area contributed by atoms with Gasteiger partial charge in [-0.1, -0.05) is 13.0 Å². The van der Waals surface area contributed by atoms with E-state index in [1.54, 1.807) is 6.07 Å². The van der Waals surface area contributed by atoms with Gasteiger partial charge in [0.15, 0.2) is 0 Å². The average Bonchev–Trinajstić information content (AvgIpc) is 2.38. The van der Waals surface area contributed by atoms with E-state index < -0.39 is 0 Å². The van der Waals surface area contributed by atoms with E-state index in [1.807, 2.05) is 13.0 Å². The van der Waals surface area contributed by atoms with Crippen LogP contribution in [0.5, 0.6) is 0 Å². The highest BCUT2D eigenvalue weighted by atomic mass is 19.1. The molecule has 3 heteroatoms. The first kappa shape index (κ1) is 13.5. The van der Waals surface area contributed by atoms with Crippen LogP contribution in [-0.2, 0) is 4.74 Å². The molecule has 0 aliphatic carbocycles. The minimum absolute atomic E-state index is 0.170. The Balaban J connectivity index is 2.22. The summed E-state index contributed by atoms with van der Waals surface area (Å²) in [4.78, 5) is 0. The molecule has 1 heterocycles. The molecular formula is C15H22FNO. The number of likely N-dealkylation sites (N-methyl/N-ethyl adjacent to an activating group) is 1. The Morgan fingerprint density at radius 1 is 1.44 bits per heavy atom. The van der Waals surface area contributed by atoms with Crippen molar-refractivity contribution < 1.29 is 9.13 Å². The van der Waals surface area contributed by atoms with Crippen LogP contribution in [0.25, 0.3) is 0 Å². The number of halogens is 1. The summed E-state index contributed by atoms with van der Waals surface area (Å²) < 4.78 is 19.1. The molecule has 1 aromatic rings. The lowest BCUT2D eigenvalue weighted by Crippen LogP contribution is -2.36. The summed E-state index contributed by atoms with van der Waals surface area (Å²) in [6.07, 6.45) is 3.65. The largest absolute Gasteiger partial charge is 0.376 e. The fourth-order valence-electron chi connectivity index (χ4n) is 2.68. The molecule has 1 N–H and O–H groups in total. The Kier molecular flexibility index (Phi) is 4.72. The van der Waals surface area contributed by atoms with Gasteiger partial charge in [0, 0.05) is 6.61 Å². The second-order valence-electron chi connectivity index (χ2n) is 4.94. The molecule has 0 bridgehead atoms. The van der Waals surface area contributed by atoms with Crippen molar-refractivity contribution in [2.75, 3.05) is 13.2 Å². The molecule has 1 fully saturated rings. The molecule has 1 aliphatic heterocycles. The number of ether oxygens (including phenoxy) is 1. The maximum atomic E-state index is 13.2. The summed E-state index contributed by atoms with van der Waals surface area (Å²) in [5, 5.41) is 3.48. The number of nitrogens with one attached hydrogen (secondary N) is 1. The standard InChI is InChI=1S/C15H22FNO/c1-3-17-15(14-6-4-5-9-18-14)13-8-7-12(16)10-11(13)2/h7-8,10,14-15,17H,3-6,9H2,1-2H3. The molecule has 2 rings (SSSR count). The Morgan fingerprint density at radius 3 is 2.89 bits per heavy atom. The minimum atomic E-state index is -0.170. The smallest absolute Gasteiger partial charge is 0.123 e. The summed E-state index contributed by atoms with van der Waals surface area (Å²) in [6.45, 7) is 5.79. The molecule has 0 amide bonds. The Bertz CT molecular complexity index is 388. The third-order valence-electron chi connectivity index (χ3n) is 3.58. The summed E-state index contributed by atoms with van der Waals surface area (Å²) in [7, 11) is 0. The second-order valence-corrected chi connectivity index (χ2v) is 4.94. The summed E-state index contributed by atoms with van der Waals surface area (Å²) in [6, 6.07) is 5.20. The van der Waals surface area contributed by atoms with E-state index in [1.165, 1.54) is 12.5 Å². The number of aryl methyl sites for hydroxylation is 1. The molecule has 1 aliphatic rings. The van der Waals surface area contributed by atoms with Crippen molar-refractivity contribution in [3.63, 3.8) is 0 Å². The zero-order valence-electron chi connectivity index (χ0n) is 11.2. The zero-order chi connectivity index (χ0) is 13.0. The van der Waals surface area contributed by atoms with Crippen LogP contribution in [0.15, 0.2) is 18.2 Å². The first-order chi connectivity index (χ1) is 8.72. The van der Waals surface area contributed by atoms with Crippen molar-refractivity contribution in [2.45, 2.75) is 45.3 Å². The molecule has 2 atom stereocenters. The SMILES string of the molecule is CCNC(c1ccc(F)cc1C)C1CCCCO1. The van der Waals surface area contributed by atoms with Crippen LogP contribution in [-0.4, -0.2) is 19.3 Å². The van der Waals surface area contributed by atoms with E-state index in [9.17, 15) is 4.39 Å². The van der Waals surface area contributed by atoms with Gasteiger partial charge in [-0.15, -0.1) is 0 Å². The molecule has 1 saturated heterocycles. The van der Waals surface area contributed by atoms with Crippen molar-refractivity contribution in [3.05, 3.63) is 35.1 Å². The maximum Gasteiger partial charge on any atom is 0.123 e. The molecule has 100 valence electrons. The number of hydrogen-bond donors (Lipinski definition) is 1. The predicted molar refractivity (Wildman–Crippen MR) is 71.1 cm³/mol. The van der Waals surface area contributed by atoms with Crippen LogP contribution < -0.4 is 5.32 Å². The number of hydrogen-bond acceptors (Lipinski definition) is 2. The summed E-state index contributed by atoms with van der Waals surface area (Å²) >= 11 is 0. The number of rotatable bonds is 4. The lowest BCUT2D eigenvalue weighted by atomic mass is 9.92. The highest BCUT2D eigenvalue weighted by molar-refractivity contribution is 5.30. The quantitative estimate of drug-likeness (QED) is 0.886. The minimum Gasteiger partial charge on any atom is -0.376 e. The van der Waals surface area contributed by atoms with Crippen molar-refractivity contribution in [2.24, 2.45) is 0 Å². The van der Waals surface area contributed by atoms with E-state index in [0.717, 1.165) is 37.1 Å². The van der Waals surface area contributed by atoms with E-state index in [4.69, 9.17) is 4.74 Å². The Labute approximate surface area is 109 Å². The van der Waals surface area contributed by atoms with Crippen molar-refractivity contribution in [1.29, 1.82) is 0 Å². The van der Waals surface area contributed by atoms with Crippen LogP contribution in [0.4, 0.5) is 4.39 Å². The lowest BCUT2D eigenvalue weighted by Gasteiger charge is -2.32. The van der Waals surface area contributed by atoms with E-state index in [-0.39, 0.29) is 18.0 Å². The van der Waals surface area contributed by atoms with Crippen molar-refractivity contribution in [1.82, 2.24) is 5.32 Å². The van der Waals surface area contributed by atoms with Gasteiger partial charge >= 0.3 is 0 Å². The van der Waals surface area contributed by atoms with Gasteiger partial charge in [-0.25, -0.2) is 4.39 Å². The van der Waals surface area contributed by atoms with Gasteiger partial charge in [-0.05, 0) is 56.0 Å². The van der Waals surface area contributed by atoms with Gasteiger partial charge < -0.3 is 10.1 Å². The zero-order valence-corrected chi connectivity index (χ0v) is 11.2. The van der Waals surface area contributed by atoms with Gasteiger partial charge in [0.2, 0.25) is 0 Å². The van der Waals surface area contributed by atoms with Gasteiger partial charge in [-0.3, -0.25) is 0 Å². The lowest BCUT2D eigenvalue weighted by molar-refractivity contribution is -0.00800. The Morgan fingerprint density at radius 2 is 2.28 bits per heavy atom. The second kappa shape index (κ2) is 6.30. The van der Waals surface area contributed by atoms with Crippen molar-refractivity contribution in [3.8, 4) is 0 Å². The van der Waals surface area contributed by atoms with Crippen molar-refractivity contribution >= 4 is 0 Å². The fourth-order valence-corrected chi connectivity index (χ4v) is 2.68. The predicted octanol–water partition coefficient (Wildman–Crippen LogP) is 3.35. The molecule has 18 heavy (non-hydrogen) atoms. The van der Waals surface area contributed by atoms with Crippen LogP contribution in [0.3, 0.4) is 0 Å². The fraction of sp³-hybridized carbons (Fsp3) is 0.600. The molecule has 0 radical (unpaired) electrons. The topological polar surface area (TPSA) is 21.3 Å². The first-order valence-electron chi connectivity index (χ1n) is 6.83. The third kappa shape index (κ3) is 3.09. The summed E-state index contributed by atoms with van der Waals surface area (Å²) in [5.74, 6) is -0.170. The molecule has 2 nitrogen and oxygen atoms in total. The van der Waals surface area contributed by atoms with Gasteiger partial charge in [0.25, 0.3) is 0 Å². The number of benzene rings is 1. The van der Waals surface area contributed by atoms with Crippen LogP contribution in [0.2, 0.25) is 0 Å². The first-order valence-corrected chi connectivity index (χ1v) is 6.83. The highest BCUT2D eigenvalue weighted by Gasteiger charge is 2.26.